The lowest BCUT2D eigenvalue weighted by molar-refractivity contribution is 0.521. The Morgan fingerprint density at radius 1 is 1.32 bits per heavy atom. The minimum atomic E-state index is 0.0138. The SMILES string of the molecule is CCCNCCCn1ncc(N2CCCC2)cc1=O. The summed E-state index contributed by atoms with van der Waals surface area (Å²) < 4.78 is 1.56. The Balaban J connectivity index is 1.86. The molecular weight excluding hydrogens is 240 g/mol. The molecule has 106 valence electrons. The summed E-state index contributed by atoms with van der Waals surface area (Å²) in [5.74, 6) is 0. The second kappa shape index (κ2) is 7.28. The Morgan fingerprint density at radius 3 is 2.79 bits per heavy atom. The topological polar surface area (TPSA) is 50.2 Å². The normalized spacial score (nSPS) is 15.1. The monoisotopic (exact) mass is 264 g/mol. The lowest BCUT2D eigenvalue weighted by Crippen LogP contribution is -2.27. The van der Waals surface area contributed by atoms with E-state index in [9.17, 15) is 4.79 Å². The maximum atomic E-state index is 12.0. The van der Waals surface area contributed by atoms with Crippen LogP contribution in [-0.4, -0.2) is 36.0 Å². The van der Waals surface area contributed by atoms with E-state index in [2.05, 4.69) is 22.2 Å². The molecule has 0 unspecified atom stereocenters. The molecule has 0 bridgehead atoms. The molecule has 0 aromatic carbocycles. The van der Waals surface area contributed by atoms with Crippen LogP contribution in [0.15, 0.2) is 17.1 Å². The van der Waals surface area contributed by atoms with Crippen LogP contribution in [0.5, 0.6) is 0 Å². The van der Waals surface area contributed by atoms with Gasteiger partial charge in [0.15, 0.2) is 0 Å². The number of aromatic nitrogens is 2. The van der Waals surface area contributed by atoms with Crippen molar-refractivity contribution in [2.24, 2.45) is 0 Å². The molecule has 1 saturated heterocycles. The van der Waals surface area contributed by atoms with Crippen molar-refractivity contribution in [2.45, 2.75) is 39.2 Å². The molecule has 1 aromatic rings. The first-order chi connectivity index (χ1) is 9.31. The van der Waals surface area contributed by atoms with Gasteiger partial charge in [-0.1, -0.05) is 6.92 Å². The van der Waals surface area contributed by atoms with Crippen molar-refractivity contribution in [3.63, 3.8) is 0 Å². The van der Waals surface area contributed by atoms with Crippen LogP contribution in [-0.2, 0) is 6.54 Å². The fraction of sp³-hybridized carbons (Fsp3) is 0.714. The third-order valence-electron chi connectivity index (χ3n) is 3.48. The quantitative estimate of drug-likeness (QED) is 0.753. The Kier molecular flexibility index (Phi) is 5.39. The highest BCUT2D eigenvalue weighted by atomic mass is 16.1. The van der Waals surface area contributed by atoms with Crippen LogP contribution < -0.4 is 15.8 Å². The minimum Gasteiger partial charge on any atom is -0.370 e. The van der Waals surface area contributed by atoms with Crippen molar-refractivity contribution in [3.05, 3.63) is 22.6 Å². The Hall–Kier alpha value is -1.36. The Morgan fingerprint density at radius 2 is 2.11 bits per heavy atom. The molecule has 1 aliphatic rings. The highest BCUT2D eigenvalue weighted by molar-refractivity contribution is 5.43. The summed E-state index contributed by atoms with van der Waals surface area (Å²) in [6.07, 6.45) is 6.34. The van der Waals surface area contributed by atoms with E-state index in [0.717, 1.165) is 44.7 Å². The first kappa shape index (κ1) is 14.1. The largest absolute Gasteiger partial charge is 0.370 e. The second-order valence-corrected chi connectivity index (χ2v) is 5.07. The average molecular weight is 264 g/mol. The van der Waals surface area contributed by atoms with E-state index in [0.29, 0.717) is 6.54 Å². The van der Waals surface area contributed by atoms with Gasteiger partial charge in [0.25, 0.3) is 5.56 Å². The van der Waals surface area contributed by atoms with Crippen molar-refractivity contribution in [3.8, 4) is 0 Å². The molecule has 1 N–H and O–H groups in total. The van der Waals surface area contributed by atoms with Gasteiger partial charge in [-0.05, 0) is 38.8 Å². The highest BCUT2D eigenvalue weighted by Crippen LogP contribution is 2.16. The van der Waals surface area contributed by atoms with Crippen LogP contribution in [0.4, 0.5) is 5.69 Å². The van der Waals surface area contributed by atoms with Gasteiger partial charge in [0, 0.05) is 25.7 Å². The Labute approximate surface area is 114 Å². The zero-order chi connectivity index (χ0) is 13.5. The molecule has 0 atom stereocenters. The summed E-state index contributed by atoms with van der Waals surface area (Å²) in [5, 5.41) is 7.60. The van der Waals surface area contributed by atoms with E-state index in [1.807, 2.05) is 6.20 Å². The van der Waals surface area contributed by atoms with Gasteiger partial charge in [-0.25, -0.2) is 4.68 Å². The molecule has 0 saturated carbocycles. The molecule has 0 aliphatic carbocycles. The number of rotatable bonds is 7. The summed E-state index contributed by atoms with van der Waals surface area (Å²) in [5.41, 5.74) is 0.989. The van der Waals surface area contributed by atoms with Crippen LogP contribution in [0.1, 0.15) is 32.6 Å². The van der Waals surface area contributed by atoms with E-state index < -0.39 is 0 Å². The third kappa shape index (κ3) is 4.06. The van der Waals surface area contributed by atoms with Crippen molar-refractivity contribution < 1.29 is 0 Å². The number of hydrogen-bond donors (Lipinski definition) is 1. The minimum absolute atomic E-state index is 0.0138. The highest BCUT2D eigenvalue weighted by Gasteiger charge is 2.13. The maximum Gasteiger partial charge on any atom is 0.268 e. The fourth-order valence-electron chi connectivity index (χ4n) is 2.40. The van der Waals surface area contributed by atoms with E-state index in [1.165, 1.54) is 12.8 Å². The zero-order valence-corrected chi connectivity index (χ0v) is 11.8. The first-order valence-electron chi connectivity index (χ1n) is 7.34. The summed E-state index contributed by atoms with van der Waals surface area (Å²) >= 11 is 0. The van der Waals surface area contributed by atoms with Gasteiger partial charge in [-0.2, -0.15) is 5.10 Å². The molecule has 5 heteroatoms. The molecule has 19 heavy (non-hydrogen) atoms. The van der Waals surface area contributed by atoms with Crippen molar-refractivity contribution >= 4 is 5.69 Å². The smallest absolute Gasteiger partial charge is 0.268 e. The standard InChI is InChI=1S/C14H24N4O/c1-2-6-15-7-5-10-18-14(19)11-13(12-16-18)17-8-3-4-9-17/h11-12,15H,2-10H2,1H3. The van der Waals surface area contributed by atoms with Crippen LogP contribution in [0.25, 0.3) is 0 Å². The molecule has 0 spiro atoms. The van der Waals surface area contributed by atoms with Gasteiger partial charge < -0.3 is 10.2 Å². The summed E-state index contributed by atoms with van der Waals surface area (Å²) in [6.45, 7) is 6.91. The molecule has 2 heterocycles. The molecule has 0 amide bonds. The number of aryl methyl sites for hydroxylation is 1. The predicted octanol–water partition coefficient (Wildman–Crippen LogP) is 1.23. The predicted molar refractivity (Wildman–Crippen MR) is 77.7 cm³/mol. The van der Waals surface area contributed by atoms with E-state index in [-0.39, 0.29) is 5.56 Å². The van der Waals surface area contributed by atoms with E-state index in [1.54, 1.807) is 10.7 Å². The Bertz CT molecular complexity index is 437. The van der Waals surface area contributed by atoms with Gasteiger partial charge in [0.2, 0.25) is 0 Å². The summed E-state index contributed by atoms with van der Waals surface area (Å²) in [7, 11) is 0. The van der Waals surface area contributed by atoms with Gasteiger partial charge in [-0.15, -0.1) is 0 Å². The van der Waals surface area contributed by atoms with Gasteiger partial charge in [0.1, 0.15) is 0 Å². The summed E-state index contributed by atoms with van der Waals surface area (Å²) in [4.78, 5) is 14.2. The second-order valence-electron chi connectivity index (χ2n) is 5.07. The molecule has 1 aromatic heterocycles. The number of nitrogens with zero attached hydrogens (tertiary/aromatic N) is 3. The lowest BCUT2D eigenvalue weighted by Gasteiger charge is -2.17. The molecular formula is C14H24N4O. The molecule has 0 radical (unpaired) electrons. The zero-order valence-electron chi connectivity index (χ0n) is 11.8. The number of anilines is 1. The van der Waals surface area contributed by atoms with Crippen molar-refractivity contribution in [2.75, 3.05) is 31.1 Å². The maximum absolute atomic E-state index is 12.0. The van der Waals surface area contributed by atoms with Gasteiger partial charge in [-0.3, -0.25) is 4.79 Å². The van der Waals surface area contributed by atoms with Gasteiger partial charge >= 0.3 is 0 Å². The molecule has 1 aliphatic heterocycles. The average Bonchev–Trinajstić information content (AvgIpc) is 2.94. The molecule has 5 nitrogen and oxygen atoms in total. The fourth-order valence-corrected chi connectivity index (χ4v) is 2.40. The number of hydrogen-bond acceptors (Lipinski definition) is 4. The lowest BCUT2D eigenvalue weighted by atomic mass is 10.4. The van der Waals surface area contributed by atoms with E-state index >= 15 is 0 Å². The number of nitrogens with one attached hydrogen (secondary N) is 1. The van der Waals surface area contributed by atoms with Gasteiger partial charge in [0.05, 0.1) is 11.9 Å². The van der Waals surface area contributed by atoms with Crippen molar-refractivity contribution in [1.29, 1.82) is 0 Å². The first-order valence-corrected chi connectivity index (χ1v) is 7.34. The van der Waals surface area contributed by atoms with Crippen molar-refractivity contribution in [1.82, 2.24) is 15.1 Å². The molecule has 2 rings (SSSR count). The van der Waals surface area contributed by atoms with Crippen LogP contribution >= 0.6 is 0 Å². The molecule has 1 fully saturated rings. The van der Waals surface area contributed by atoms with Crippen LogP contribution in [0.2, 0.25) is 0 Å². The van der Waals surface area contributed by atoms with Crippen LogP contribution in [0, 0.1) is 0 Å². The van der Waals surface area contributed by atoms with Crippen LogP contribution in [0.3, 0.4) is 0 Å². The van der Waals surface area contributed by atoms with E-state index in [4.69, 9.17) is 0 Å². The third-order valence-corrected chi connectivity index (χ3v) is 3.48. The summed E-state index contributed by atoms with van der Waals surface area (Å²) in [6, 6.07) is 1.72.